The van der Waals surface area contributed by atoms with Crippen LogP contribution in [0, 0.1) is 0 Å². The number of amides is 2. The molecule has 2 amide bonds. The van der Waals surface area contributed by atoms with Crippen molar-refractivity contribution in [1.82, 2.24) is 10.2 Å². The molecular formula is C24H31Cl2N3O5S. The molecule has 0 saturated heterocycles. The number of para-hydroxylation sites is 2. The van der Waals surface area contributed by atoms with E-state index < -0.39 is 28.5 Å². The quantitative estimate of drug-likeness (QED) is 0.434. The predicted molar refractivity (Wildman–Crippen MR) is 140 cm³/mol. The second kappa shape index (κ2) is 13.0. The molecule has 2 rings (SSSR count). The summed E-state index contributed by atoms with van der Waals surface area (Å²) in [4.78, 5) is 27.9. The molecule has 0 heterocycles. The fourth-order valence-corrected chi connectivity index (χ4v) is 4.97. The fourth-order valence-electron chi connectivity index (χ4n) is 3.60. The molecular weight excluding hydrogens is 513 g/mol. The minimum atomic E-state index is -3.89. The van der Waals surface area contributed by atoms with E-state index in [0.717, 1.165) is 10.6 Å². The van der Waals surface area contributed by atoms with Gasteiger partial charge in [-0.15, -0.1) is 0 Å². The SMILES string of the molecule is CCNC(=O)C(CC)N(Cc1c(Cl)cccc1Cl)C(=O)CN(c1ccccc1OCC)S(C)(=O)=O. The summed E-state index contributed by atoms with van der Waals surface area (Å²) in [6, 6.07) is 10.7. The van der Waals surface area contributed by atoms with Crippen molar-refractivity contribution in [2.75, 3.05) is 30.3 Å². The summed E-state index contributed by atoms with van der Waals surface area (Å²) in [6.07, 6.45) is 1.31. The van der Waals surface area contributed by atoms with Gasteiger partial charge in [0.1, 0.15) is 18.3 Å². The van der Waals surface area contributed by atoms with Gasteiger partial charge < -0.3 is 15.0 Å². The van der Waals surface area contributed by atoms with Crippen molar-refractivity contribution in [3.8, 4) is 5.75 Å². The molecule has 192 valence electrons. The Morgan fingerprint density at radius 2 is 1.66 bits per heavy atom. The van der Waals surface area contributed by atoms with Gasteiger partial charge in [0.15, 0.2) is 0 Å². The van der Waals surface area contributed by atoms with Crippen LogP contribution in [-0.4, -0.2) is 57.1 Å². The Morgan fingerprint density at radius 1 is 1.03 bits per heavy atom. The van der Waals surface area contributed by atoms with E-state index in [9.17, 15) is 18.0 Å². The standard InChI is InChI=1S/C24H31Cl2N3O5S/c1-5-20(24(31)27-6-2)28(15-17-18(25)11-10-12-19(17)26)23(30)16-29(35(4,32)33)21-13-8-9-14-22(21)34-7-3/h8-14,20H,5-7,15-16H2,1-4H3,(H,27,31). The van der Waals surface area contributed by atoms with E-state index in [4.69, 9.17) is 27.9 Å². The van der Waals surface area contributed by atoms with Gasteiger partial charge in [-0.2, -0.15) is 0 Å². The number of carbonyl (C=O) groups excluding carboxylic acids is 2. The molecule has 11 heteroatoms. The largest absolute Gasteiger partial charge is 0.492 e. The first-order valence-corrected chi connectivity index (χ1v) is 13.8. The number of carbonyl (C=O) groups is 2. The van der Waals surface area contributed by atoms with E-state index in [1.165, 1.54) is 4.90 Å². The highest BCUT2D eigenvalue weighted by Gasteiger charge is 2.33. The van der Waals surface area contributed by atoms with Crippen LogP contribution in [-0.2, 0) is 26.2 Å². The Labute approximate surface area is 217 Å². The highest BCUT2D eigenvalue weighted by Crippen LogP contribution is 2.31. The van der Waals surface area contributed by atoms with Crippen molar-refractivity contribution < 1.29 is 22.7 Å². The molecule has 35 heavy (non-hydrogen) atoms. The molecule has 0 aromatic heterocycles. The predicted octanol–water partition coefficient (Wildman–Crippen LogP) is 4.10. The molecule has 0 bridgehead atoms. The van der Waals surface area contributed by atoms with Crippen LogP contribution in [0.3, 0.4) is 0 Å². The zero-order valence-corrected chi connectivity index (χ0v) is 22.6. The molecule has 2 aromatic rings. The van der Waals surface area contributed by atoms with Crippen molar-refractivity contribution in [1.29, 1.82) is 0 Å². The maximum absolute atomic E-state index is 13.7. The van der Waals surface area contributed by atoms with Gasteiger partial charge >= 0.3 is 0 Å². The van der Waals surface area contributed by atoms with Gasteiger partial charge in [0, 0.05) is 28.7 Å². The number of hydrogen-bond donors (Lipinski definition) is 1. The highest BCUT2D eigenvalue weighted by molar-refractivity contribution is 7.92. The number of likely N-dealkylation sites (N-methyl/N-ethyl adjacent to an activating group) is 1. The van der Waals surface area contributed by atoms with E-state index in [-0.39, 0.29) is 18.1 Å². The van der Waals surface area contributed by atoms with Gasteiger partial charge in [0.25, 0.3) is 0 Å². The molecule has 8 nitrogen and oxygen atoms in total. The lowest BCUT2D eigenvalue weighted by Crippen LogP contribution is -2.52. The molecule has 1 unspecified atom stereocenters. The van der Waals surface area contributed by atoms with Crippen molar-refractivity contribution in [3.05, 3.63) is 58.1 Å². The first-order chi connectivity index (χ1) is 16.5. The van der Waals surface area contributed by atoms with Gasteiger partial charge in [-0.25, -0.2) is 8.42 Å². The zero-order valence-electron chi connectivity index (χ0n) is 20.3. The topological polar surface area (TPSA) is 96.0 Å². The first-order valence-electron chi connectivity index (χ1n) is 11.2. The Morgan fingerprint density at radius 3 is 2.20 bits per heavy atom. The number of rotatable bonds is 12. The van der Waals surface area contributed by atoms with Crippen molar-refractivity contribution >= 4 is 50.7 Å². The Kier molecular flexibility index (Phi) is 10.7. The van der Waals surface area contributed by atoms with Crippen LogP contribution in [0.2, 0.25) is 10.0 Å². The Balaban J connectivity index is 2.53. The monoisotopic (exact) mass is 543 g/mol. The number of nitrogens with one attached hydrogen (secondary N) is 1. The second-order valence-electron chi connectivity index (χ2n) is 7.71. The molecule has 0 fully saturated rings. The summed E-state index contributed by atoms with van der Waals surface area (Å²) in [5, 5.41) is 3.41. The number of benzene rings is 2. The van der Waals surface area contributed by atoms with Crippen molar-refractivity contribution in [2.24, 2.45) is 0 Å². The number of ether oxygens (including phenoxy) is 1. The Hall–Kier alpha value is -2.49. The molecule has 0 aliphatic rings. The van der Waals surface area contributed by atoms with E-state index >= 15 is 0 Å². The van der Waals surface area contributed by atoms with E-state index in [0.29, 0.717) is 40.9 Å². The number of hydrogen-bond acceptors (Lipinski definition) is 5. The van der Waals surface area contributed by atoms with Gasteiger partial charge in [0.2, 0.25) is 21.8 Å². The van der Waals surface area contributed by atoms with E-state index in [1.54, 1.807) is 63.2 Å². The summed E-state index contributed by atoms with van der Waals surface area (Å²) in [5.74, 6) is -0.618. The molecule has 1 N–H and O–H groups in total. The average Bonchev–Trinajstić information content (AvgIpc) is 2.79. The lowest BCUT2D eigenvalue weighted by molar-refractivity contribution is -0.140. The van der Waals surface area contributed by atoms with Crippen LogP contribution < -0.4 is 14.4 Å². The molecule has 1 atom stereocenters. The van der Waals surface area contributed by atoms with Gasteiger partial charge in [-0.1, -0.05) is 48.3 Å². The normalized spacial score (nSPS) is 12.1. The van der Waals surface area contributed by atoms with Crippen LogP contribution in [0.25, 0.3) is 0 Å². The lowest BCUT2D eigenvalue weighted by Gasteiger charge is -2.33. The van der Waals surface area contributed by atoms with Crippen LogP contribution in [0.1, 0.15) is 32.8 Å². The van der Waals surface area contributed by atoms with Crippen LogP contribution >= 0.6 is 23.2 Å². The summed E-state index contributed by atoms with van der Waals surface area (Å²) in [5.41, 5.74) is 0.694. The van der Waals surface area contributed by atoms with E-state index in [2.05, 4.69) is 5.32 Å². The number of nitrogens with zero attached hydrogens (tertiary/aromatic N) is 2. The van der Waals surface area contributed by atoms with Gasteiger partial charge in [0.05, 0.1) is 18.6 Å². The number of halogens is 2. The summed E-state index contributed by atoms with van der Waals surface area (Å²) in [7, 11) is -3.89. The van der Waals surface area contributed by atoms with Crippen LogP contribution in [0.15, 0.2) is 42.5 Å². The Bertz CT molecular complexity index is 1120. The third kappa shape index (κ3) is 7.49. The minimum Gasteiger partial charge on any atom is -0.492 e. The minimum absolute atomic E-state index is 0.0717. The molecule has 2 aromatic carbocycles. The molecule has 0 radical (unpaired) electrons. The molecule has 0 saturated carbocycles. The highest BCUT2D eigenvalue weighted by atomic mass is 35.5. The van der Waals surface area contributed by atoms with Crippen molar-refractivity contribution in [2.45, 2.75) is 39.8 Å². The molecule has 0 spiro atoms. The third-order valence-electron chi connectivity index (χ3n) is 5.24. The number of anilines is 1. The summed E-state index contributed by atoms with van der Waals surface area (Å²) >= 11 is 12.7. The van der Waals surface area contributed by atoms with Crippen LogP contribution in [0.4, 0.5) is 5.69 Å². The summed E-state index contributed by atoms with van der Waals surface area (Å²) in [6.45, 7) is 5.40. The third-order valence-corrected chi connectivity index (χ3v) is 7.07. The molecule has 0 aliphatic heterocycles. The maximum atomic E-state index is 13.7. The van der Waals surface area contributed by atoms with Gasteiger partial charge in [-0.3, -0.25) is 13.9 Å². The van der Waals surface area contributed by atoms with Crippen LogP contribution in [0.5, 0.6) is 5.75 Å². The lowest BCUT2D eigenvalue weighted by atomic mass is 10.1. The smallest absolute Gasteiger partial charge is 0.244 e. The summed E-state index contributed by atoms with van der Waals surface area (Å²) < 4.78 is 32.1. The van der Waals surface area contributed by atoms with Crippen molar-refractivity contribution in [3.63, 3.8) is 0 Å². The van der Waals surface area contributed by atoms with Gasteiger partial charge in [-0.05, 0) is 44.5 Å². The maximum Gasteiger partial charge on any atom is 0.244 e. The first kappa shape index (κ1) is 28.7. The van der Waals surface area contributed by atoms with E-state index in [1.807, 2.05) is 0 Å². The second-order valence-corrected chi connectivity index (χ2v) is 10.4. The molecule has 0 aliphatic carbocycles. The number of sulfonamides is 1. The average molecular weight is 545 g/mol. The fraction of sp³-hybridized carbons (Fsp3) is 0.417. The zero-order chi connectivity index (χ0) is 26.2.